The molecular formula is C17H15FN4O8S. The molecule has 0 bridgehead atoms. The van der Waals surface area contributed by atoms with Crippen molar-refractivity contribution in [3.8, 4) is 0 Å². The third kappa shape index (κ3) is 2.69. The molecule has 0 aliphatic carbocycles. The Labute approximate surface area is 172 Å². The van der Waals surface area contributed by atoms with Crippen LogP contribution < -0.4 is 5.56 Å². The molecule has 1 aliphatic rings. The number of hydrogen-bond donors (Lipinski definition) is 4. The fourth-order valence-electron chi connectivity index (χ4n) is 3.68. The van der Waals surface area contributed by atoms with Gasteiger partial charge in [-0.05, 0) is 0 Å². The number of aromatic nitrogens is 4. The molecule has 0 radical (unpaired) electrons. The Morgan fingerprint density at radius 1 is 1.29 bits per heavy atom. The number of Topliss-reactive ketones (excluding diaryl/α,β-unsaturated/α-hetero) is 1. The number of nitrogens with one attached hydrogen (secondary N) is 1. The van der Waals surface area contributed by atoms with Crippen molar-refractivity contribution in [2.75, 3.05) is 6.61 Å². The first kappa shape index (κ1) is 21.2. The van der Waals surface area contributed by atoms with E-state index in [9.17, 15) is 37.2 Å². The second kappa shape index (κ2) is 7.00. The van der Waals surface area contributed by atoms with Gasteiger partial charge in [-0.25, -0.2) is 9.97 Å². The maximum atomic E-state index is 14.6. The zero-order chi connectivity index (χ0) is 22.6. The van der Waals surface area contributed by atoms with Crippen molar-refractivity contribution in [2.24, 2.45) is 0 Å². The summed E-state index contributed by atoms with van der Waals surface area (Å²) >= 11 is 0. The Balaban J connectivity index is 2.15. The van der Waals surface area contributed by atoms with Crippen LogP contribution in [0, 0.1) is 0 Å². The standard InChI is InChI=1S/C17H15FN4O8S/c18-31(28,29)17(27)13(25)10(6-23)30-16(17,12(24)9-4-2-1-3-5-9)22-8-21-11-14(22)19-7-20-15(11)26/h1-5,7-8,10,13,23,25,27H,6H2,(H,19,20,26)/t10-,13-,16-,17+/m1/s1. The molecule has 0 spiro atoms. The van der Waals surface area contributed by atoms with Crippen LogP contribution in [0.15, 0.2) is 47.8 Å². The number of ketones is 1. The molecule has 1 saturated heterocycles. The van der Waals surface area contributed by atoms with Gasteiger partial charge >= 0.3 is 10.2 Å². The summed E-state index contributed by atoms with van der Waals surface area (Å²) in [5.41, 5.74) is -5.07. The van der Waals surface area contributed by atoms with Crippen LogP contribution in [-0.2, 0) is 20.7 Å². The molecule has 0 amide bonds. The summed E-state index contributed by atoms with van der Waals surface area (Å²) in [5.74, 6) is -1.30. The number of ether oxygens (including phenoxy) is 1. The minimum Gasteiger partial charge on any atom is -0.394 e. The number of rotatable bonds is 5. The van der Waals surface area contributed by atoms with Crippen molar-refractivity contribution in [3.63, 3.8) is 0 Å². The molecule has 2 aromatic heterocycles. The molecule has 12 nitrogen and oxygen atoms in total. The number of aromatic amines is 1. The average Bonchev–Trinajstić information content (AvgIpc) is 3.28. The lowest BCUT2D eigenvalue weighted by Crippen LogP contribution is -2.64. The van der Waals surface area contributed by atoms with E-state index in [1.165, 1.54) is 30.3 Å². The van der Waals surface area contributed by atoms with Gasteiger partial charge in [-0.2, -0.15) is 8.42 Å². The van der Waals surface area contributed by atoms with E-state index in [0.717, 1.165) is 12.7 Å². The van der Waals surface area contributed by atoms with Gasteiger partial charge in [-0.1, -0.05) is 30.3 Å². The zero-order valence-corrected chi connectivity index (χ0v) is 16.2. The van der Waals surface area contributed by atoms with E-state index in [4.69, 9.17) is 4.74 Å². The van der Waals surface area contributed by atoms with E-state index in [0.29, 0.717) is 4.57 Å². The molecule has 1 fully saturated rings. The molecule has 31 heavy (non-hydrogen) atoms. The second-order valence-corrected chi connectivity index (χ2v) is 8.27. The fourth-order valence-corrected chi connectivity index (χ4v) is 4.69. The molecule has 164 valence electrons. The SMILES string of the molecule is O=C(c1ccccc1)[C@@]1(n2cnc3c(=O)[nH]cnc32)O[C@H](CO)[C@@H](O)[C@]1(O)S(=O)(=O)F. The molecule has 0 unspecified atom stereocenters. The monoisotopic (exact) mass is 454 g/mol. The number of carbonyl (C=O) groups is 1. The van der Waals surface area contributed by atoms with Gasteiger partial charge in [0.25, 0.3) is 16.2 Å². The number of H-pyrrole nitrogens is 1. The predicted octanol–water partition coefficient (Wildman–Crippen LogP) is -1.60. The van der Waals surface area contributed by atoms with Gasteiger partial charge in [0.2, 0.25) is 5.78 Å². The van der Waals surface area contributed by atoms with E-state index in [1.807, 2.05) is 0 Å². The van der Waals surface area contributed by atoms with Crippen molar-refractivity contribution < 1.29 is 37.2 Å². The molecule has 4 N–H and O–H groups in total. The quantitative estimate of drug-likeness (QED) is 0.258. The topological polar surface area (TPSA) is 185 Å². The molecule has 14 heteroatoms. The van der Waals surface area contributed by atoms with Crippen molar-refractivity contribution >= 4 is 27.2 Å². The van der Waals surface area contributed by atoms with Crippen LogP contribution in [0.2, 0.25) is 0 Å². The number of nitrogens with zero attached hydrogens (tertiary/aromatic N) is 3. The summed E-state index contributed by atoms with van der Waals surface area (Å²) < 4.78 is 44.9. The van der Waals surface area contributed by atoms with Gasteiger partial charge < -0.3 is 25.0 Å². The van der Waals surface area contributed by atoms with Crippen LogP contribution in [0.4, 0.5) is 3.89 Å². The van der Waals surface area contributed by atoms with E-state index >= 15 is 0 Å². The van der Waals surface area contributed by atoms with Crippen LogP contribution in [0.25, 0.3) is 11.2 Å². The number of benzene rings is 1. The third-order valence-corrected chi connectivity index (χ3v) is 6.40. The van der Waals surface area contributed by atoms with E-state index in [2.05, 4.69) is 15.0 Å². The second-order valence-electron chi connectivity index (χ2n) is 6.78. The van der Waals surface area contributed by atoms with E-state index in [1.54, 1.807) is 0 Å². The number of aliphatic hydroxyl groups excluding tert-OH is 2. The maximum absolute atomic E-state index is 14.6. The first-order chi connectivity index (χ1) is 14.6. The molecule has 3 aromatic rings. The number of hydrogen-bond acceptors (Lipinski definition) is 10. The lowest BCUT2D eigenvalue weighted by Gasteiger charge is -2.37. The fraction of sp³-hybridized carbons (Fsp3) is 0.294. The van der Waals surface area contributed by atoms with Crippen molar-refractivity contribution in [1.29, 1.82) is 0 Å². The predicted molar refractivity (Wildman–Crippen MR) is 99.8 cm³/mol. The van der Waals surface area contributed by atoms with Crippen LogP contribution in [0.1, 0.15) is 10.4 Å². The lowest BCUT2D eigenvalue weighted by molar-refractivity contribution is -0.128. The highest BCUT2D eigenvalue weighted by molar-refractivity contribution is 7.87. The summed E-state index contributed by atoms with van der Waals surface area (Å²) in [6, 6.07) is 6.82. The van der Waals surface area contributed by atoms with Crippen LogP contribution >= 0.6 is 0 Å². The largest absolute Gasteiger partial charge is 0.394 e. The van der Waals surface area contributed by atoms with Crippen LogP contribution in [0.3, 0.4) is 0 Å². The van der Waals surface area contributed by atoms with E-state index < -0.39 is 56.7 Å². The number of fused-ring (bicyclic) bond motifs is 1. The molecule has 4 atom stereocenters. The Kier molecular flexibility index (Phi) is 4.79. The van der Waals surface area contributed by atoms with Crippen LogP contribution in [0.5, 0.6) is 0 Å². The third-order valence-electron chi connectivity index (χ3n) is 5.14. The molecular weight excluding hydrogens is 439 g/mol. The van der Waals surface area contributed by atoms with Gasteiger partial charge in [0.05, 0.1) is 12.9 Å². The average molecular weight is 454 g/mol. The minimum atomic E-state index is -6.17. The Hall–Kier alpha value is -3.04. The van der Waals surface area contributed by atoms with Gasteiger partial charge in [-0.15, -0.1) is 3.89 Å². The normalized spacial score (nSPS) is 28.8. The molecule has 1 aromatic carbocycles. The Bertz CT molecular complexity index is 1330. The first-order valence-electron chi connectivity index (χ1n) is 8.74. The highest BCUT2D eigenvalue weighted by Gasteiger charge is 2.77. The summed E-state index contributed by atoms with van der Waals surface area (Å²) in [6.07, 6.45) is -2.85. The summed E-state index contributed by atoms with van der Waals surface area (Å²) in [4.78, 5) is 31.5. The minimum absolute atomic E-state index is 0.234. The first-order valence-corrected chi connectivity index (χ1v) is 10.1. The summed E-state index contributed by atoms with van der Waals surface area (Å²) in [5, 5.41) is 31.1. The molecule has 0 saturated carbocycles. The number of carbonyl (C=O) groups excluding carboxylic acids is 1. The highest BCUT2D eigenvalue weighted by Crippen LogP contribution is 2.50. The van der Waals surface area contributed by atoms with Gasteiger partial charge in [0.15, 0.2) is 11.2 Å². The van der Waals surface area contributed by atoms with Gasteiger partial charge in [0, 0.05) is 5.56 Å². The Morgan fingerprint density at radius 3 is 2.58 bits per heavy atom. The van der Waals surface area contributed by atoms with Crippen LogP contribution in [-0.4, -0.2) is 72.8 Å². The van der Waals surface area contributed by atoms with Crippen molar-refractivity contribution in [1.82, 2.24) is 19.5 Å². The number of imidazole rings is 1. The number of halogens is 1. The lowest BCUT2D eigenvalue weighted by atomic mass is 9.92. The van der Waals surface area contributed by atoms with E-state index in [-0.39, 0.29) is 11.1 Å². The Morgan fingerprint density at radius 2 is 1.97 bits per heavy atom. The van der Waals surface area contributed by atoms with Crippen molar-refractivity contribution in [2.45, 2.75) is 22.9 Å². The smallest absolute Gasteiger partial charge is 0.340 e. The highest BCUT2D eigenvalue weighted by atomic mass is 32.3. The zero-order valence-electron chi connectivity index (χ0n) is 15.4. The number of aliphatic hydroxyl groups is 3. The maximum Gasteiger partial charge on any atom is 0.340 e. The summed E-state index contributed by atoms with van der Waals surface area (Å²) in [6.45, 7) is -1.08. The molecule has 3 heterocycles. The van der Waals surface area contributed by atoms with Gasteiger partial charge in [0.1, 0.15) is 18.5 Å². The van der Waals surface area contributed by atoms with Crippen molar-refractivity contribution in [3.05, 3.63) is 58.9 Å². The molecule has 1 aliphatic heterocycles. The summed E-state index contributed by atoms with van der Waals surface area (Å²) in [7, 11) is -6.17. The molecule has 4 rings (SSSR count). The van der Waals surface area contributed by atoms with Gasteiger partial charge in [-0.3, -0.25) is 14.2 Å².